The van der Waals surface area contributed by atoms with E-state index >= 15 is 0 Å². The smallest absolute Gasteiger partial charge is 0.402 e. The Kier molecular flexibility index (Phi) is 19.8. The van der Waals surface area contributed by atoms with Crippen LogP contribution in [0.2, 0.25) is 5.02 Å². The molecule has 0 radical (unpaired) electrons. The summed E-state index contributed by atoms with van der Waals surface area (Å²) in [5, 5.41) is 24.2. The number of nitrogen functional groups attached to an aromatic ring is 1. The first-order valence-corrected chi connectivity index (χ1v) is 23.8. The average molecular weight is 879 g/mol. The summed E-state index contributed by atoms with van der Waals surface area (Å²) in [5.41, 5.74) is 6.49. The normalized spacial score (nSPS) is 17.8. The number of benzene rings is 2. The standard InChI is InChI=1S/C46H61ClFN6O6P/c1-2-3-4-5-6-7-8-9-10-11-12-13-14-15-16-17-20-39(56-31-37-27-36(30-49)28-38(48)29-37)32-57-61(55,60-43-22-19-18-21-40(43)47)58-34-46(33-50)26-25-44(59-46)41-23-24-42-45(51)52-35-53-54(41)42/h18-19,21-24,27-29,35,39,44H,2-17,20,25-26,31-32,34H2,1H3,(H2,51,52,53)/t39-,44+,46+,61?/m0/s1. The topological polar surface area (TPSA) is 167 Å². The SMILES string of the molecule is CCCCCCCCCCCCCCCCCC[C@@H](COP(=O)(OC[C@]1(C#N)CC[C@H](c2ccc3c(N)ncnn23)O1)Oc1ccccc1Cl)OCc1cc(F)cc(C#N)c1. The number of nitriles is 2. The highest BCUT2D eigenvalue weighted by Crippen LogP contribution is 2.53. The van der Waals surface area contributed by atoms with Crippen molar-refractivity contribution in [3.8, 4) is 17.9 Å². The lowest BCUT2D eigenvalue weighted by molar-refractivity contribution is -0.0441. The molecule has 0 aliphatic carbocycles. The van der Waals surface area contributed by atoms with Gasteiger partial charge in [0.1, 0.15) is 42.2 Å². The van der Waals surface area contributed by atoms with Gasteiger partial charge in [-0.3, -0.25) is 9.05 Å². The van der Waals surface area contributed by atoms with Crippen LogP contribution in [0, 0.1) is 28.5 Å². The summed E-state index contributed by atoms with van der Waals surface area (Å²) in [5.74, 6) is -0.164. The molecule has 1 saturated heterocycles. The molecule has 12 nitrogen and oxygen atoms in total. The lowest BCUT2D eigenvalue weighted by Crippen LogP contribution is -2.32. The largest absolute Gasteiger partial charge is 0.530 e. The number of rotatable bonds is 29. The fraction of sp³-hybridized carbons (Fsp3) is 0.565. The molecule has 2 aromatic heterocycles. The number of hydrogen-bond acceptors (Lipinski definition) is 11. The van der Waals surface area contributed by atoms with Crippen LogP contribution in [0.4, 0.5) is 10.2 Å². The Morgan fingerprint density at radius 3 is 2.28 bits per heavy atom. The van der Waals surface area contributed by atoms with E-state index < -0.39 is 38.1 Å². The van der Waals surface area contributed by atoms with E-state index in [0.29, 0.717) is 35.4 Å². The average Bonchev–Trinajstić information content (AvgIpc) is 3.90. The molecular formula is C46H61ClFN6O6P. The highest BCUT2D eigenvalue weighted by Gasteiger charge is 2.45. The third-order valence-electron chi connectivity index (χ3n) is 11.1. The molecule has 4 atom stereocenters. The minimum Gasteiger partial charge on any atom is -0.402 e. The number of halogens is 2. The van der Waals surface area contributed by atoms with Gasteiger partial charge in [-0.25, -0.2) is 18.5 Å². The molecular weight excluding hydrogens is 818 g/mol. The predicted octanol–water partition coefficient (Wildman–Crippen LogP) is 12.5. The van der Waals surface area contributed by atoms with E-state index in [0.717, 1.165) is 31.7 Å². The number of ether oxygens (including phenoxy) is 2. The maximum atomic E-state index is 14.5. The van der Waals surface area contributed by atoms with Crippen LogP contribution < -0.4 is 10.3 Å². The van der Waals surface area contributed by atoms with Crippen molar-refractivity contribution in [2.75, 3.05) is 18.9 Å². The number of phosphoric ester groups is 1. The van der Waals surface area contributed by atoms with Gasteiger partial charge < -0.3 is 19.7 Å². The van der Waals surface area contributed by atoms with Crippen LogP contribution in [0.25, 0.3) is 5.52 Å². The second-order valence-electron chi connectivity index (χ2n) is 16.0. The highest BCUT2D eigenvalue weighted by atomic mass is 35.5. The van der Waals surface area contributed by atoms with E-state index in [4.69, 9.17) is 40.4 Å². The number of para-hydroxylation sites is 1. The number of unbranched alkanes of at least 4 members (excludes halogenated alkanes) is 15. The zero-order valence-corrected chi connectivity index (χ0v) is 37.1. The number of aromatic nitrogens is 3. The first-order valence-electron chi connectivity index (χ1n) is 22.0. The number of nitrogens with two attached hydrogens (primary N) is 1. The van der Waals surface area contributed by atoms with Crippen LogP contribution in [-0.2, 0) is 29.7 Å². The molecule has 1 aliphatic heterocycles. The summed E-state index contributed by atoms with van der Waals surface area (Å²) >= 11 is 6.41. The van der Waals surface area contributed by atoms with Gasteiger partial charge in [0.25, 0.3) is 0 Å². The number of anilines is 1. The summed E-state index contributed by atoms with van der Waals surface area (Å²) in [6.45, 7) is 1.61. The van der Waals surface area contributed by atoms with E-state index in [9.17, 15) is 19.5 Å². The van der Waals surface area contributed by atoms with E-state index in [1.807, 2.05) is 12.1 Å². The van der Waals surface area contributed by atoms with E-state index in [-0.39, 0.29) is 36.0 Å². The molecule has 2 N–H and O–H groups in total. The molecule has 1 fully saturated rings. The van der Waals surface area contributed by atoms with E-state index in [1.165, 1.54) is 95.5 Å². The van der Waals surface area contributed by atoms with Gasteiger partial charge in [0.15, 0.2) is 11.4 Å². The third-order valence-corrected chi connectivity index (χ3v) is 12.7. The Labute approximate surface area is 365 Å². The quantitative estimate of drug-likeness (QED) is 0.0407. The maximum Gasteiger partial charge on any atom is 0.530 e. The van der Waals surface area contributed by atoms with E-state index in [2.05, 4.69) is 23.1 Å². The Balaban J connectivity index is 1.17. The lowest BCUT2D eigenvalue weighted by Gasteiger charge is -2.26. The maximum absolute atomic E-state index is 14.5. The Morgan fingerprint density at radius 1 is 0.951 bits per heavy atom. The molecule has 1 unspecified atom stereocenters. The molecule has 0 saturated carbocycles. The first kappa shape index (κ1) is 48.0. The van der Waals surface area contributed by atoms with Crippen LogP contribution in [0.5, 0.6) is 5.75 Å². The fourth-order valence-corrected chi connectivity index (χ4v) is 9.16. The second kappa shape index (κ2) is 25.1. The highest BCUT2D eigenvalue weighted by molar-refractivity contribution is 7.49. The van der Waals surface area contributed by atoms with Crippen LogP contribution in [0.15, 0.2) is 60.9 Å². The van der Waals surface area contributed by atoms with Gasteiger partial charge in [-0.05, 0) is 67.3 Å². The summed E-state index contributed by atoms with van der Waals surface area (Å²) in [4.78, 5) is 4.04. The van der Waals surface area contributed by atoms with Crippen molar-refractivity contribution in [2.24, 2.45) is 0 Å². The number of nitrogens with zero attached hydrogens (tertiary/aromatic N) is 5. The van der Waals surface area contributed by atoms with Gasteiger partial charge in [-0.1, -0.05) is 133 Å². The summed E-state index contributed by atoms with van der Waals surface area (Å²) < 4.78 is 60.8. The molecule has 0 amide bonds. The van der Waals surface area contributed by atoms with Crippen LogP contribution in [0.3, 0.4) is 0 Å². The first-order chi connectivity index (χ1) is 29.7. The van der Waals surface area contributed by atoms with E-state index in [1.54, 1.807) is 34.8 Å². The third kappa shape index (κ3) is 15.4. The van der Waals surface area contributed by atoms with Crippen molar-refractivity contribution in [1.29, 1.82) is 10.5 Å². The number of hydrogen-bond donors (Lipinski definition) is 1. The van der Waals surface area contributed by atoms with Crippen molar-refractivity contribution in [2.45, 2.75) is 153 Å². The van der Waals surface area contributed by atoms with Crippen LogP contribution in [-0.4, -0.2) is 39.5 Å². The minimum atomic E-state index is -4.49. The summed E-state index contributed by atoms with van der Waals surface area (Å²) in [6.07, 6.45) is 21.4. The summed E-state index contributed by atoms with van der Waals surface area (Å²) in [7, 11) is -4.49. The molecule has 61 heavy (non-hydrogen) atoms. The predicted molar refractivity (Wildman–Crippen MR) is 234 cm³/mol. The van der Waals surface area contributed by atoms with Crippen molar-refractivity contribution in [1.82, 2.24) is 14.6 Å². The summed E-state index contributed by atoms with van der Waals surface area (Å²) in [6, 6.07) is 18.3. The molecule has 0 spiro atoms. The van der Waals surface area contributed by atoms with Gasteiger partial charge in [0, 0.05) is 0 Å². The molecule has 0 bridgehead atoms. The van der Waals surface area contributed by atoms with Gasteiger partial charge in [-0.2, -0.15) is 15.6 Å². The van der Waals surface area contributed by atoms with Crippen molar-refractivity contribution >= 4 is 30.8 Å². The Bertz CT molecular complexity index is 2090. The zero-order chi connectivity index (χ0) is 43.3. The van der Waals surface area contributed by atoms with Crippen molar-refractivity contribution in [3.63, 3.8) is 0 Å². The Morgan fingerprint density at radius 2 is 1.62 bits per heavy atom. The molecule has 3 heterocycles. The van der Waals surface area contributed by atoms with Gasteiger partial charge in [-0.15, -0.1) is 0 Å². The number of fused-ring (bicyclic) bond motifs is 1. The zero-order valence-electron chi connectivity index (χ0n) is 35.5. The van der Waals surface area contributed by atoms with Gasteiger partial charge >= 0.3 is 7.82 Å². The number of phosphoric acid groups is 1. The molecule has 4 aromatic rings. The van der Waals surface area contributed by atoms with Crippen molar-refractivity contribution in [3.05, 3.63) is 88.6 Å². The lowest BCUT2D eigenvalue weighted by atomic mass is 10.0. The monoisotopic (exact) mass is 878 g/mol. The molecule has 330 valence electrons. The molecule has 2 aromatic carbocycles. The fourth-order valence-electron chi connectivity index (χ4n) is 7.63. The second-order valence-corrected chi connectivity index (χ2v) is 18.0. The van der Waals surface area contributed by atoms with Gasteiger partial charge in [0.05, 0.1) is 41.7 Å². The van der Waals surface area contributed by atoms with Gasteiger partial charge in [0.2, 0.25) is 0 Å². The Hall–Kier alpha value is -4.07. The molecule has 5 rings (SSSR count). The van der Waals surface area contributed by atoms with Crippen molar-refractivity contribution < 1.29 is 32.0 Å². The molecule has 15 heteroatoms. The van der Waals surface area contributed by atoms with Crippen LogP contribution >= 0.6 is 19.4 Å². The molecule has 1 aliphatic rings. The minimum absolute atomic E-state index is 0.00633. The van der Waals surface area contributed by atoms with Crippen LogP contribution in [0.1, 0.15) is 152 Å².